The molecule has 43 heavy (non-hydrogen) atoms. The molecule has 1 unspecified atom stereocenters. The number of halogens is 3. The molecule has 11 heteroatoms. The van der Waals surface area contributed by atoms with E-state index in [0.29, 0.717) is 38.9 Å². The number of hydrogen-bond donors (Lipinski definition) is 5. The summed E-state index contributed by atoms with van der Waals surface area (Å²) in [5.41, 5.74) is 11.4. The fourth-order valence-corrected chi connectivity index (χ4v) is 6.15. The number of hydrazine groups is 2. The second kappa shape index (κ2) is 11.9. The third kappa shape index (κ3) is 6.19. The zero-order valence-electron chi connectivity index (χ0n) is 23.7. The molecular weight excluding hydrogens is 586 g/mol. The summed E-state index contributed by atoms with van der Waals surface area (Å²) < 4.78 is 13.8. The minimum absolute atomic E-state index is 0.0268. The number of aromatic nitrogens is 1. The third-order valence-corrected chi connectivity index (χ3v) is 8.39. The molecule has 0 bridgehead atoms. The first-order valence-electron chi connectivity index (χ1n) is 14.0. The Labute approximate surface area is 259 Å². The molecule has 1 fully saturated rings. The van der Waals surface area contributed by atoms with E-state index in [9.17, 15) is 9.65 Å². The first-order chi connectivity index (χ1) is 20.7. The molecule has 3 aromatic carbocycles. The SMILES string of the molecule is CC1(C)C[C@@H](N2C=C(C(Nc3cc(Cl)c4ncc(C#N)c(Nc5ccc(F)c(Cl)c5)c4c3)c3ccccc3)NN2)CCN1. The van der Waals surface area contributed by atoms with Crippen LogP contribution in [-0.2, 0) is 0 Å². The predicted octanol–water partition coefficient (Wildman–Crippen LogP) is 7.15. The molecule has 1 saturated heterocycles. The maximum Gasteiger partial charge on any atom is 0.141 e. The van der Waals surface area contributed by atoms with Crippen molar-refractivity contribution in [1.82, 2.24) is 26.3 Å². The smallest absolute Gasteiger partial charge is 0.141 e. The number of anilines is 3. The normalized spacial score (nSPS) is 18.5. The number of piperidine rings is 1. The Balaban J connectivity index is 1.37. The third-order valence-electron chi connectivity index (χ3n) is 7.82. The number of rotatable bonds is 7. The van der Waals surface area contributed by atoms with Gasteiger partial charge in [-0.2, -0.15) is 5.26 Å². The van der Waals surface area contributed by atoms with Crippen LogP contribution in [0.15, 0.2) is 78.8 Å². The number of nitrogens with one attached hydrogen (secondary N) is 5. The molecule has 0 saturated carbocycles. The van der Waals surface area contributed by atoms with Gasteiger partial charge in [-0.25, -0.2) is 4.39 Å². The molecule has 0 spiro atoms. The van der Waals surface area contributed by atoms with E-state index in [1.54, 1.807) is 6.07 Å². The van der Waals surface area contributed by atoms with Crippen LogP contribution in [0.2, 0.25) is 10.0 Å². The van der Waals surface area contributed by atoms with Crippen molar-refractivity contribution in [2.24, 2.45) is 0 Å². The van der Waals surface area contributed by atoms with Gasteiger partial charge in [0.1, 0.15) is 11.9 Å². The van der Waals surface area contributed by atoms with Crippen LogP contribution >= 0.6 is 23.2 Å². The molecule has 2 aliphatic rings. The standard InChI is InChI=1S/C32H31Cl2FN8/c1-32(2)15-23(10-11-38-32)43-18-28(41-42-43)30(19-6-4-3-5-7-19)40-22-12-24-29(39-21-8-9-27(35)25(33)13-21)20(16-36)17-37-31(24)26(34)14-22/h3-9,12-14,17-18,23,30,38,40-42H,10-11,15H2,1-2H3,(H,37,39)/t23-,30?/m0/s1. The molecule has 2 aliphatic heterocycles. The van der Waals surface area contributed by atoms with Gasteiger partial charge in [-0.1, -0.05) is 53.5 Å². The fourth-order valence-electron chi connectivity index (χ4n) is 5.70. The summed E-state index contributed by atoms with van der Waals surface area (Å²) in [6, 6.07) is 20.5. The fraction of sp³-hybridized carbons (Fsp3) is 0.250. The van der Waals surface area contributed by atoms with Gasteiger partial charge < -0.3 is 21.4 Å². The highest BCUT2D eigenvalue weighted by Gasteiger charge is 2.33. The Morgan fingerprint density at radius 1 is 1.09 bits per heavy atom. The average molecular weight is 618 g/mol. The van der Waals surface area contributed by atoms with E-state index in [-0.39, 0.29) is 16.6 Å². The van der Waals surface area contributed by atoms with E-state index in [2.05, 4.69) is 75.2 Å². The van der Waals surface area contributed by atoms with Gasteiger partial charge in [-0.15, -0.1) is 5.53 Å². The number of fused-ring (bicyclic) bond motifs is 1. The average Bonchev–Trinajstić information content (AvgIpc) is 3.48. The lowest BCUT2D eigenvalue weighted by molar-refractivity contribution is 0.120. The van der Waals surface area contributed by atoms with Crippen LogP contribution in [0.25, 0.3) is 10.9 Å². The predicted molar refractivity (Wildman–Crippen MR) is 170 cm³/mol. The summed E-state index contributed by atoms with van der Waals surface area (Å²) in [5, 5.41) is 23.5. The highest BCUT2D eigenvalue weighted by Crippen LogP contribution is 2.37. The largest absolute Gasteiger partial charge is 0.373 e. The van der Waals surface area contributed by atoms with Crippen molar-refractivity contribution in [2.75, 3.05) is 17.2 Å². The van der Waals surface area contributed by atoms with E-state index in [1.165, 1.54) is 18.3 Å². The van der Waals surface area contributed by atoms with Crippen molar-refractivity contribution >= 4 is 51.2 Å². The van der Waals surface area contributed by atoms with Gasteiger partial charge in [0.05, 0.1) is 38.6 Å². The maximum atomic E-state index is 13.8. The molecule has 8 nitrogen and oxygen atoms in total. The van der Waals surface area contributed by atoms with Gasteiger partial charge in [0.2, 0.25) is 0 Å². The van der Waals surface area contributed by atoms with Crippen LogP contribution in [0.4, 0.5) is 21.5 Å². The van der Waals surface area contributed by atoms with Gasteiger partial charge >= 0.3 is 0 Å². The molecule has 1 aromatic heterocycles. The quantitative estimate of drug-likeness (QED) is 0.149. The molecule has 5 N–H and O–H groups in total. The highest BCUT2D eigenvalue weighted by atomic mass is 35.5. The first kappa shape index (κ1) is 29.0. The van der Waals surface area contributed by atoms with Crippen LogP contribution in [0, 0.1) is 17.1 Å². The lowest BCUT2D eigenvalue weighted by Crippen LogP contribution is -2.54. The number of pyridine rings is 1. The Hall–Kier alpha value is -4.07. The molecule has 4 aromatic rings. The molecule has 0 radical (unpaired) electrons. The lowest BCUT2D eigenvalue weighted by atomic mass is 9.89. The number of nitriles is 1. The molecule has 220 valence electrons. The molecular formula is C32H31Cl2FN8. The van der Waals surface area contributed by atoms with Crippen LogP contribution in [-0.4, -0.2) is 28.1 Å². The van der Waals surface area contributed by atoms with Crippen LogP contribution in [0.5, 0.6) is 0 Å². The molecule has 3 heterocycles. The molecule has 0 amide bonds. The van der Waals surface area contributed by atoms with Gasteiger partial charge in [0, 0.05) is 40.7 Å². The maximum absolute atomic E-state index is 13.8. The van der Waals surface area contributed by atoms with Gasteiger partial charge in [-0.3, -0.25) is 9.99 Å². The summed E-state index contributed by atoms with van der Waals surface area (Å²) in [7, 11) is 0. The van der Waals surface area contributed by atoms with Crippen molar-refractivity contribution in [3.63, 3.8) is 0 Å². The Kier molecular flexibility index (Phi) is 8.03. The highest BCUT2D eigenvalue weighted by molar-refractivity contribution is 6.36. The van der Waals surface area contributed by atoms with Crippen molar-refractivity contribution in [1.29, 1.82) is 5.26 Å². The molecule has 2 atom stereocenters. The topological polar surface area (TPSA) is 100 Å². The van der Waals surface area contributed by atoms with E-state index < -0.39 is 5.82 Å². The van der Waals surface area contributed by atoms with E-state index in [0.717, 1.165) is 36.3 Å². The second-order valence-electron chi connectivity index (χ2n) is 11.4. The van der Waals surface area contributed by atoms with E-state index in [4.69, 9.17) is 23.2 Å². The number of nitrogens with zero attached hydrogens (tertiary/aromatic N) is 3. The van der Waals surface area contributed by atoms with Crippen molar-refractivity contribution < 1.29 is 4.39 Å². The monoisotopic (exact) mass is 616 g/mol. The van der Waals surface area contributed by atoms with Crippen molar-refractivity contribution in [2.45, 2.75) is 44.3 Å². The lowest BCUT2D eigenvalue weighted by Gasteiger charge is -2.40. The Morgan fingerprint density at radius 2 is 1.88 bits per heavy atom. The zero-order valence-corrected chi connectivity index (χ0v) is 25.2. The summed E-state index contributed by atoms with van der Waals surface area (Å²) >= 11 is 12.8. The Morgan fingerprint density at radius 3 is 2.63 bits per heavy atom. The van der Waals surface area contributed by atoms with Gasteiger partial charge in [-0.05, 0) is 69.1 Å². The van der Waals surface area contributed by atoms with Crippen LogP contribution in [0.1, 0.15) is 43.9 Å². The minimum atomic E-state index is -0.527. The summed E-state index contributed by atoms with van der Waals surface area (Å²) in [6.45, 7) is 5.41. The van der Waals surface area contributed by atoms with E-state index in [1.807, 2.05) is 30.3 Å². The summed E-state index contributed by atoms with van der Waals surface area (Å²) in [6.07, 6.45) is 5.62. The number of hydrogen-bond acceptors (Lipinski definition) is 8. The van der Waals surface area contributed by atoms with E-state index >= 15 is 0 Å². The summed E-state index contributed by atoms with van der Waals surface area (Å²) in [5.74, 6) is -0.527. The van der Waals surface area contributed by atoms with Crippen molar-refractivity contribution in [3.8, 4) is 6.07 Å². The molecule has 6 rings (SSSR count). The summed E-state index contributed by atoms with van der Waals surface area (Å²) in [4.78, 5) is 4.46. The minimum Gasteiger partial charge on any atom is -0.373 e. The van der Waals surface area contributed by atoms with Gasteiger partial charge in [0.15, 0.2) is 0 Å². The number of benzene rings is 3. The van der Waals surface area contributed by atoms with Gasteiger partial charge in [0.25, 0.3) is 0 Å². The first-order valence-corrected chi connectivity index (χ1v) is 14.8. The van der Waals surface area contributed by atoms with Crippen LogP contribution in [0.3, 0.4) is 0 Å². The second-order valence-corrected chi connectivity index (χ2v) is 12.3. The Bertz CT molecular complexity index is 1740. The van der Waals surface area contributed by atoms with Crippen molar-refractivity contribution in [3.05, 3.63) is 106 Å². The molecule has 0 aliphatic carbocycles. The van der Waals surface area contributed by atoms with Crippen LogP contribution < -0.4 is 26.9 Å². The zero-order chi connectivity index (χ0) is 30.1.